The van der Waals surface area contributed by atoms with Gasteiger partial charge < -0.3 is 62.2 Å². The summed E-state index contributed by atoms with van der Waals surface area (Å²) in [6.07, 6.45) is 4.76. The molecule has 0 spiro atoms. The number of aliphatic hydroxyl groups excluding tert-OH is 2. The van der Waals surface area contributed by atoms with Crippen LogP contribution in [0.1, 0.15) is 118 Å². The van der Waals surface area contributed by atoms with Gasteiger partial charge in [0, 0.05) is 19.4 Å². The lowest BCUT2D eigenvalue weighted by Crippen LogP contribution is -2.62. The number of nitrogens with zero attached hydrogens (tertiary/aromatic N) is 1. The summed E-state index contributed by atoms with van der Waals surface area (Å²) in [7, 11) is -1.86. The number of carbonyl (C=O) groups is 7. The molecule has 7 amide bonds. The van der Waals surface area contributed by atoms with Gasteiger partial charge in [-0.15, -0.1) is 0 Å². The van der Waals surface area contributed by atoms with Crippen LogP contribution in [0.2, 0.25) is 0 Å². The number of unbranched alkanes of at least 4 members (excludes halogenated alkanes) is 6. The molecule has 1 saturated heterocycles. The number of likely N-dealkylation sites (tertiary alicyclic amines) is 1. The number of aliphatic hydroxyl groups is 2. The first-order chi connectivity index (χ1) is 29.2. The van der Waals surface area contributed by atoms with E-state index in [4.69, 9.17) is 0 Å². The number of amides is 7. The Balaban J connectivity index is 2.11. The normalized spacial score (nSPS) is 17.1. The first-order valence-corrected chi connectivity index (χ1v) is 21.8. The Morgan fingerprint density at radius 2 is 1.34 bits per heavy atom. The minimum absolute atomic E-state index is 0.00150. The molecule has 348 valence electrons. The van der Waals surface area contributed by atoms with Crippen molar-refractivity contribution in [3.63, 3.8) is 0 Å². The number of phenolic OH excluding ortho intramolecular Hbond substituents is 1. The number of phenols is 1. The molecule has 1 fully saturated rings. The summed E-state index contributed by atoms with van der Waals surface area (Å²) in [5, 5.41) is 64.3. The maximum atomic E-state index is 13.9. The Morgan fingerprint density at radius 3 is 1.92 bits per heavy atom. The predicted octanol–water partition coefficient (Wildman–Crippen LogP) is -0.554. The molecule has 19 nitrogen and oxygen atoms in total. The Hall–Kier alpha value is -4.79. The molecule has 0 bridgehead atoms. The third-order valence-corrected chi connectivity index (χ3v) is 10.5. The zero-order valence-corrected chi connectivity index (χ0v) is 37.0. The smallest absolute Gasteiger partial charge is 0.472 e. The molecule has 1 aromatic rings. The van der Waals surface area contributed by atoms with E-state index in [1.165, 1.54) is 56.4 Å². The first-order valence-electron chi connectivity index (χ1n) is 21.8. The maximum absolute atomic E-state index is 13.9. The lowest BCUT2D eigenvalue weighted by Gasteiger charge is -2.32. The highest BCUT2D eigenvalue weighted by molar-refractivity contribution is 6.41. The quantitative estimate of drug-likeness (QED) is 0.0392. The lowest BCUT2D eigenvalue weighted by atomic mass is 9.92. The first kappa shape index (κ1) is 53.4. The third-order valence-electron chi connectivity index (χ3n) is 10.5. The Morgan fingerprint density at radius 1 is 0.726 bits per heavy atom. The number of aromatic hydroxyl groups is 1. The zero-order valence-electron chi connectivity index (χ0n) is 37.0. The zero-order chi connectivity index (χ0) is 46.5. The summed E-state index contributed by atoms with van der Waals surface area (Å²) in [5.74, 6) is -5.11. The van der Waals surface area contributed by atoms with E-state index < -0.39 is 97.5 Å². The molecular weight excluding hydrogens is 805 g/mol. The fourth-order valence-electron chi connectivity index (χ4n) is 7.05. The highest BCUT2D eigenvalue weighted by atomic mass is 16.4. The van der Waals surface area contributed by atoms with Crippen molar-refractivity contribution in [3.8, 4) is 5.75 Å². The number of hydrogen-bond acceptors (Lipinski definition) is 12. The summed E-state index contributed by atoms with van der Waals surface area (Å²) >= 11 is 0. The fourth-order valence-corrected chi connectivity index (χ4v) is 7.05. The molecule has 0 aliphatic carbocycles. The average Bonchev–Trinajstić information content (AvgIpc) is 3.70. The van der Waals surface area contributed by atoms with Crippen molar-refractivity contribution in [2.24, 2.45) is 5.92 Å². The van der Waals surface area contributed by atoms with Crippen molar-refractivity contribution in [2.75, 3.05) is 13.0 Å². The van der Waals surface area contributed by atoms with Crippen LogP contribution in [0.5, 0.6) is 5.75 Å². The molecule has 20 heteroatoms. The van der Waals surface area contributed by atoms with Crippen molar-refractivity contribution in [1.82, 2.24) is 36.8 Å². The molecule has 1 heterocycles. The minimum atomic E-state index is -1.86. The molecule has 1 aliphatic heterocycles. The second kappa shape index (κ2) is 27.3. The van der Waals surface area contributed by atoms with E-state index in [1.807, 2.05) is 13.8 Å². The van der Waals surface area contributed by atoms with Crippen molar-refractivity contribution in [2.45, 2.75) is 167 Å². The topological polar surface area (TPSA) is 296 Å². The summed E-state index contributed by atoms with van der Waals surface area (Å²) < 4.78 is 0. The molecule has 1 unspecified atom stereocenters. The molecule has 0 radical (unpaired) electrons. The number of carbonyl (C=O) groups excluding carboxylic acids is 7. The molecule has 0 aromatic heterocycles. The van der Waals surface area contributed by atoms with Gasteiger partial charge in [-0.3, -0.25) is 33.6 Å². The van der Waals surface area contributed by atoms with Gasteiger partial charge in [-0.25, -0.2) is 0 Å². The number of nitrogens with one attached hydrogen (secondary N) is 6. The summed E-state index contributed by atoms with van der Waals surface area (Å²) in [6, 6.07) is -1.97. The van der Waals surface area contributed by atoms with Crippen LogP contribution in [-0.2, 0) is 40.0 Å². The second-order valence-electron chi connectivity index (χ2n) is 16.7. The van der Waals surface area contributed by atoms with Crippen molar-refractivity contribution in [1.29, 1.82) is 0 Å². The van der Waals surface area contributed by atoms with Crippen molar-refractivity contribution >= 4 is 48.5 Å². The van der Waals surface area contributed by atoms with E-state index in [-0.39, 0.29) is 49.8 Å². The molecule has 11 N–H and O–H groups in total. The number of rotatable bonds is 27. The van der Waals surface area contributed by atoms with Crippen LogP contribution in [0, 0.1) is 5.92 Å². The third kappa shape index (κ3) is 18.7. The van der Waals surface area contributed by atoms with Gasteiger partial charge in [-0.1, -0.05) is 71.4 Å². The van der Waals surface area contributed by atoms with E-state index in [1.54, 1.807) is 0 Å². The summed E-state index contributed by atoms with van der Waals surface area (Å²) in [6.45, 7) is 9.86. The summed E-state index contributed by atoms with van der Waals surface area (Å²) in [5.41, 5.74) is 0.538. The van der Waals surface area contributed by atoms with Gasteiger partial charge >= 0.3 is 7.12 Å². The average molecular weight is 876 g/mol. The maximum Gasteiger partial charge on any atom is 0.472 e. The van der Waals surface area contributed by atoms with Gasteiger partial charge in [0.25, 0.3) is 0 Å². The Bertz CT molecular complexity index is 1610. The van der Waals surface area contributed by atoms with Crippen LogP contribution in [0.4, 0.5) is 0 Å². The largest absolute Gasteiger partial charge is 0.508 e. The van der Waals surface area contributed by atoms with E-state index in [9.17, 15) is 58.9 Å². The molecule has 62 heavy (non-hydrogen) atoms. The highest BCUT2D eigenvalue weighted by Gasteiger charge is 2.41. The highest BCUT2D eigenvalue weighted by Crippen LogP contribution is 2.21. The van der Waals surface area contributed by atoms with E-state index >= 15 is 0 Å². The van der Waals surface area contributed by atoms with Gasteiger partial charge in [0.05, 0.1) is 18.7 Å². The van der Waals surface area contributed by atoms with Crippen LogP contribution >= 0.6 is 0 Å². The van der Waals surface area contributed by atoms with Crippen molar-refractivity contribution in [3.05, 3.63) is 29.8 Å². The van der Waals surface area contributed by atoms with Gasteiger partial charge in [0.1, 0.15) is 42.0 Å². The van der Waals surface area contributed by atoms with Gasteiger partial charge in [0.15, 0.2) is 0 Å². The van der Waals surface area contributed by atoms with Gasteiger partial charge in [-0.05, 0) is 70.1 Å². The molecule has 8 atom stereocenters. The molecule has 2 rings (SSSR count). The molecular formula is C42H70BN7O12. The van der Waals surface area contributed by atoms with Crippen LogP contribution in [0.3, 0.4) is 0 Å². The minimum Gasteiger partial charge on any atom is -0.508 e. The van der Waals surface area contributed by atoms with Crippen LogP contribution in [0.15, 0.2) is 24.3 Å². The number of hydrogen-bond donors (Lipinski definition) is 11. The lowest BCUT2D eigenvalue weighted by molar-refractivity contribution is -0.145. The van der Waals surface area contributed by atoms with Crippen LogP contribution < -0.4 is 31.9 Å². The van der Waals surface area contributed by atoms with E-state index in [0.717, 1.165) is 32.1 Å². The standard InChI is InChI=1S/C42H70BN7O12/c1-7-8-9-10-11-12-13-16-34(54)46-31(22-25(2)3)39(57)49-36(28(6)52)42(60)50-21-14-15-33(50)40(58)48-35(27(5)51)41(59)45-26(4)37(55)47-32(38(56)44-24-43(61)62)23-29-17-19-30(53)20-18-29/h17-20,25-28,31-33,35-36,51-53,61-62H,7-16,21-24H2,1-6H3,(H,44,56)(H,45,59)(H,46,54)(H,47,55)(H,48,58)(H,49,57)/t26-,27+,28?,31-,32-,33+,35-,36-/m0/s1. The van der Waals surface area contributed by atoms with Crippen LogP contribution in [0.25, 0.3) is 0 Å². The van der Waals surface area contributed by atoms with Gasteiger partial charge in [-0.2, -0.15) is 0 Å². The van der Waals surface area contributed by atoms with Crippen LogP contribution in [-0.4, -0.2) is 140 Å². The monoisotopic (exact) mass is 876 g/mol. The molecule has 0 saturated carbocycles. The van der Waals surface area contributed by atoms with E-state index in [0.29, 0.717) is 18.4 Å². The summed E-state index contributed by atoms with van der Waals surface area (Å²) in [4.78, 5) is 94.8. The molecule has 1 aromatic carbocycles. The molecule has 1 aliphatic rings. The number of benzene rings is 1. The Labute approximate surface area is 365 Å². The predicted molar refractivity (Wildman–Crippen MR) is 231 cm³/mol. The fraction of sp³-hybridized carbons (Fsp3) is 0.690. The van der Waals surface area contributed by atoms with E-state index in [2.05, 4.69) is 38.8 Å². The van der Waals surface area contributed by atoms with Gasteiger partial charge in [0.2, 0.25) is 41.4 Å². The Kier molecular flexibility index (Phi) is 23.5. The SMILES string of the molecule is CCCCCCCCCC(=O)N[C@@H](CC(C)C)C(=O)N[C@H](C(=O)N1CCC[C@@H]1C(=O)N[C@H](C(=O)N[C@@H](C)C(=O)N[C@@H](Cc1ccc(O)cc1)C(=O)NCB(O)O)[C@@H](C)O)C(C)O. The second-order valence-corrected chi connectivity index (χ2v) is 16.7. The van der Waals surface area contributed by atoms with Crippen molar-refractivity contribution < 1.29 is 58.9 Å².